The summed E-state index contributed by atoms with van der Waals surface area (Å²) in [4.78, 5) is 21.5. The summed E-state index contributed by atoms with van der Waals surface area (Å²) in [6.45, 7) is 0.299. The lowest BCUT2D eigenvalue weighted by molar-refractivity contribution is -0.402. The molecule has 2 aromatic rings. The van der Waals surface area contributed by atoms with Crippen LogP contribution in [0.3, 0.4) is 0 Å². The van der Waals surface area contributed by atoms with E-state index in [0.717, 1.165) is 11.6 Å². The van der Waals surface area contributed by atoms with E-state index in [9.17, 15) is 14.9 Å². The van der Waals surface area contributed by atoms with Gasteiger partial charge in [0.2, 0.25) is 0 Å². The summed E-state index contributed by atoms with van der Waals surface area (Å²) in [6, 6.07) is 7.62. The van der Waals surface area contributed by atoms with Crippen molar-refractivity contribution in [2.45, 2.75) is 6.42 Å². The molecule has 0 fully saturated rings. The molecule has 1 amide bonds. The van der Waals surface area contributed by atoms with Crippen LogP contribution >= 0.6 is 23.2 Å². The Morgan fingerprint density at radius 3 is 2.71 bits per heavy atom. The predicted octanol–water partition coefficient (Wildman–Crippen LogP) is 3.47. The average Bonchev–Trinajstić information content (AvgIpc) is 2.93. The molecule has 6 nitrogen and oxygen atoms in total. The van der Waals surface area contributed by atoms with Crippen molar-refractivity contribution >= 4 is 35.0 Å². The highest BCUT2D eigenvalue weighted by atomic mass is 35.5. The third-order valence-corrected chi connectivity index (χ3v) is 3.57. The number of nitro groups is 1. The molecule has 0 aliphatic heterocycles. The number of carbonyl (C=O) groups excluding carboxylic acids is 1. The number of nitrogens with one attached hydrogen (secondary N) is 1. The molecule has 0 aliphatic rings. The van der Waals surface area contributed by atoms with Crippen LogP contribution in [0.1, 0.15) is 16.1 Å². The van der Waals surface area contributed by atoms with E-state index >= 15 is 0 Å². The van der Waals surface area contributed by atoms with Crippen LogP contribution in [0.4, 0.5) is 5.88 Å². The highest BCUT2D eigenvalue weighted by Crippen LogP contribution is 2.25. The van der Waals surface area contributed by atoms with Gasteiger partial charge in [-0.25, -0.2) is 0 Å². The molecule has 0 radical (unpaired) electrons. The van der Waals surface area contributed by atoms with Gasteiger partial charge in [0.05, 0.1) is 16.1 Å². The first kappa shape index (κ1) is 15.3. The molecule has 0 saturated carbocycles. The number of nitrogens with zero attached hydrogens (tertiary/aromatic N) is 1. The second-order valence-electron chi connectivity index (χ2n) is 4.11. The zero-order valence-electron chi connectivity index (χ0n) is 10.6. The molecule has 1 aromatic heterocycles. The number of carbonyl (C=O) groups is 1. The molecule has 0 saturated heterocycles. The second-order valence-corrected chi connectivity index (χ2v) is 4.90. The molecule has 1 N–H and O–H groups in total. The van der Waals surface area contributed by atoms with Crippen molar-refractivity contribution in [3.8, 4) is 0 Å². The van der Waals surface area contributed by atoms with Crippen LogP contribution in [0.5, 0.6) is 0 Å². The first-order valence-electron chi connectivity index (χ1n) is 5.94. The fraction of sp³-hybridized carbons (Fsp3) is 0.154. The number of rotatable bonds is 5. The van der Waals surface area contributed by atoms with E-state index in [0.29, 0.717) is 23.0 Å². The maximum absolute atomic E-state index is 11.7. The Labute approximate surface area is 129 Å². The Morgan fingerprint density at radius 1 is 1.29 bits per heavy atom. The maximum Gasteiger partial charge on any atom is 0.433 e. The number of furan rings is 1. The molecule has 0 unspecified atom stereocenters. The molecule has 0 spiro atoms. The average molecular weight is 329 g/mol. The van der Waals surface area contributed by atoms with Crippen molar-refractivity contribution in [1.29, 1.82) is 0 Å². The summed E-state index contributed by atoms with van der Waals surface area (Å²) in [6.07, 6.45) is 0.480. The second kappa shape index (κ2) is 6.60. The quantitative estimate of drug-likeness (QED) is 0.672. The van der Waals surface area contributed by atoms with Crippen molar-refractivity contribution in [3.63, 3.8) is 0 Å². The van der Waals surface area contributed by atoms with Crippen LogP contribution in [0.2, 0.25) is 10.0 Å². The Morgan fingerprint density at radius 2 is 2.05 bits per heavy atom. The molecule has 110 valence electrons. The van der Waals surface area contributed by atoms with Crippen molar-refractivity contribution in [2.24, 2.45) is 0 Å². The van der Waals surface area contributed by atoms with Crippen molar-refractivity contribution < 1.29 is 14.1 Å². The van der Waals surface area contributed by atoms with Gasteiger partial charge in [-0.15, -0.1) is 0 Å². The Kier molecular flexibility index (Phi) is 4.82. The monoisotopic (exact) mass is 328 g/mol. The van der Waals surface area contributed by atoms with Gasteiger partial charge in [0.15, 0.2) is 5.76 Å². The number of halogens is 2. The normalized spacial score (nSPS) is 10.4. The molecule has 0 atom stereocenters. The molecule has 1 heterocycles. The van der Waals surface area contributed by atoms with E-state index in [1.165, 1.54) is 6.07 Å². The molecule has 8 heteroatoms. The number of hydrogen-bond acceptors (Lipinski definition) is 4. The van der Waals surface area contributed by atoms with Crippen LogP contribution < -0.4 is 5.32 Å². The van der Waals surface area contributed by atoms with Crippen LogP contribution in [0, 0.1) is 10.1 Å². The Hall–Kier alpha value is -2.05. The topological polar surface area (TPSA) is 85.4 Å². The van der Waals surface area contributed by atoms with Gasteiger partial charge >= 0.3 is 5.88 Å². The van der Waals surface area contributed by atoms with E-state index in [1.807, 2.05) is 0 Å². The van der Waals surface area contributed by atoms with Gasteiger partial charge in [-0.05, 0) is 24.1 Å². The van der Waals surface area contributed by atoms with Crippen LogP contribution in [0.15, 0.2) is 34.7 Å². The minimum absolute atomic E-state index is 0.112. The summed E-state index contributed by atoms with van der Waals surface area (Å²) < 4.78 is 4.79. The molecule has 1 aromatic carbocycles. The summed E-state index contributed by atoms with van der Waals surface area (Å²) >= 11 is 11.9. The van der Waals surface area contributed by atoms with Crippen molar-refractivity contribution in [3.05, 3.63) is 61.8 Å². The zero-order valence-corrected chi connectivity index (χ0v) is 12.1. The third kappa shape index (κ3) is 3.74. The number of amides is 1. The predicted molar refractivity (Wildman–Crippen MR) is 77.9 cm³/mol. The lowest BCUT2D eigenvalue weighted by Crippen LogP contribution is -2.25. The van der Waals surface area contributed by atoms with Gasteiger partial charge in [0.25, 0.3) is 5.91 Å². The molecular formula is C13H10Cl2N2O4. The molecule has 21 heavy (non-hydrogen) atoms. The molecule has 0 aliphatic carbocycles. The van der Waals surface area contributed by atoms with E-state index in [1.54, 1.807) is 18.2 Å². The van der Waals surface area contributed by atoms with Gasteiger partial charge in [-0.2, -0.15) is 0 Å². The van der Waals surface area contributed by atoms with E-state index < -0.39 is 16.7 Å². The largest absolute Gasteiger partial charge is 0.433 e. The summed E-state index contributed by atoms with van der Waals surface area (Å²) in [7, 11) is 0. The first-order valence-corrected chi connectivity index (χ1v) is 6.70. The van der Waals surface area contributed by atoms with E-state index in [2.05, 4.69) is 5.32 Å². The number of hydrogen-bond donors (Lipinski definition) is 1. The Balaban J connectivity index is 1.92. The fourth-order valence-electron chi connectivity index (χ4n) is 1.69. The van der Waals surface area contributed by atoms with Crippen LogP contribution in [-0.2, 0) is 6.42 Å². The summed E-state index contributed by atoms with van der Waals surface area (Å²) in [5.41, 5.74) is 0.801. The minimum atomic E-state index is -0.706. The fourth-order valence-corrected chi connectivity index (χ4v) is 2.10. The summed E-state index contributed by atoms with van der Waals surface area (Å²) in [5, 5.41) is 13.9. The third-order valence-electron chi connectivity index (χ3n) is 2.71. The number of benzene rings is 1. The van der Waals surface area contributed by atoms with Crippen LogP contribution in [0.25, 0.3) is 0 Å². The van der Waals surface area contributed by atoms with Crippen molar-refractivity contribution in [1.82, 2.24) is 5.32 Å². The van der Waals surface area contributed by atoms with Gasteiger partial charge in [0.1, 0.15) is 4.92 Å². The van der Waals surface area contributed by atoms with Crippen molar-refractivity contribution in [2.75, 3.05) is 6.54 Å². The highest BCUT2D eigenvalue weighted by Gasteiger charge is 2.16. The van der Waals surface area contributed by atoms with E-state index in [-0.39, 0.29) is 5.76 Å². The summed E-state index contributed by atoms with van der Waals surface area (Å²) in [5.74, 6) is -1.11. The smallest absolute Gasteiger partial charge is 0.395 e. The lowest BCUT2D eigenvalue weighted by Gasteiger charge is -2.06. The minimum Gasteiger partial charge on any atom is -0.395 e. The highest BCUT2D eigenvalue weighted by molar-refractivity contribution is 6.42. The Bertz CT molecular complexity index is 685. The molecule has 0 bridgehead atoms. The lowest BCUT2D eigenvalue weighted by atomic mass is 10.1. The van der Waals surface area contributed by atoms with Crippen LogP contribution in [-0.4, -0.2) is 17.4 Å². The standard InChI is InChI=1S/C13H10Cl2N2O4/c14-9-3-1-2-8(12(9)15)6-7-16-13(18)10-4-5-11(21-10)17(19)20/h1-5H,6-7H2,(H,16,18). The first-order chi connectivity index (χ1) is 9.99. The molecular weight excluding hydrogens is 319 g/mol. The van der Waals surface area contributed by atoms with E-state index in [4.69, 9.17) is 27.6 Å². The SMILES string of the molecule is O=C(NCCc1cccc(Cl)c1Cl)c1ccc([N+](=O)[O-])o1. The van der Waals surface area contributed by atoms with Gasteiger partial charge < -0.3 is 9.73 Å². The van der Waals surface area contributed by atoms with Gasteiger partial charge in [-0.1, -0.05) is 35.3 Å². The van der Waals surface area contributed by atoms with Gasteiger partial charge in [0, 0.05) is 6.54 Å². The zero-order chi connectivity index (χ0) is 15.4. The molecule has 2 rings (SSSR count). The van der Waals surface area contributed by atoms with Gasteiger partial charge in [-0.3, -0.25) is 14.9 Å². The maximum atomic E-state index is 11.7.